The predicted molar refractivity (Wildman–Crippen MR) is 105 cm³/mol. The van der Waals surface area contributed by atoms with Crippen molar-refractivity contribution >= 4 is 11.8 Å². The maximum atomic E-state index is 12.3. The molecule has 7 heteroatoms. The molecule has 0 unspecified atom stereocenters. The molecule has 1 aliphatic carbocycles. The number of nitrogens with one attached hydrogen (secondary N) is 2. The summed E-state index contributed by atoms with van der Waals surface area (Å²) in [5, 5.41) is 15.7. The van der Waals surface area contributed by atoms with Gasteiger partial charge in [-0.1, -0.05) is 19.3 Å². The lowest BCUT2D eigenvalue weighted by Crippen LogP contribution is -2.51. The van der Waals surface area contributed by atoms with Gasteiger partial charge in [0.25, 0.3) is 5.91 Å². The van der Waals surface area contributed by atoms with Crippen LogP contribution >= 0.6 is 0 Å². The van der Waals surface area contributed by atoms with Gasteiger partial charge in [0.15, 0.2) is 0 Å². The van der Waals surface area contributed by atoms with Gasteiger partial charge in [-0.3, -0.25) is 14.6 Å². The lowest BCUT2D eigenvalue weighted by Gasteiger charge is -2.36. The number of pyridine rings is 1. The van der Waals surface area contributed by atoms with Gasteiger partial charge in [-0.05, 0) is 44.2 Å². The van der Waals surface area contributed by atoms with E-state index in [0.29, 0.717) is 12.1 Å². The molecule has 0 radical (unpaired) electrons. The number of aliphatic hydroxyl groups excluding tert-OH is 1. The smallest absolute Gasteiger partial charge is 0.251 e. The van der Waals surface area contributed by atoms with E-state index in [0.717, 1.165) is 44.9 Å². The first-order chi connectivity index (χ1) is 13.7. The topological polar surface area (TPSA) is 101 Å². The first-order valence-corrected chi connectivity index (χ1v) is 10.4. The van der Waals surface area contributed by atoms with E-state index >= 15 is 0 Å². The number of nitrogens with zero attached hydrogens (tertiary/aromatic N) is 1. The van der Waals surface area contributed by atoms with E-state index in [1.54, 1.807) is 24.5 Å². The molecule has 2 aliphatic rings. The van der Waals surface area contributed by atoms with Crippen LogP contribution in [0.2, 0.25) is 0 Å². The minimum absolute atomic E-state index is 0.0158. The quantitative estimate of drug-likeness (QED) is 0.660. The zero-order valence-electron chi connectivity index (χ0n) is 16.3. The number of rotatable bonds is 7. The van der Waals surface area contributed by atoms with Gasteiger partial charge in [0.2, 0.25) is 5.91 Å². The standard InChI is InChI=1S/C21H31N3O4/c25-14-19-18(24-21(27)16-8-11-22-12-9-16)7-6-17(28-19)10-13-23-20(26)15-4-2-1-3-5-15/h8-9,11-12,15,17-19,25H,1-7,10,13-14H2,(H,23,26)(H,24,27)/t17-,18-,19-/m0/s1. The molecule has 7 nitrogen and oxygen atoms in total. The van der Waals surface area contributed by atoms with Crippen LogP contribution in [0.3, 0.4) is 0 Å². The van der Waals surface area contributed by atoms with Gasteiger partial charge in [-0.15, -0.1) is 0 Å². The van der Waals surface area contributed by atoms with E-state index in [1.807, 2.05) is 0 Å². The number of hydrogen-bond donors (Lipinski definition) is 3. The lowest BCUT2D eigenvalue weighted by molar-refractivity contribution is -0.126. The highest BCUT2D eigenvalue weighted by atomic mass is 16.5. The molecule has 1 aromatic rings. The average molecular weight is 389 g/mol. The van der Waals surface area contributed by atoms with Crippen LogP contribution in [0.25, 0.3) is 0 Å². The monoisotopic (exact) mass is 389 g/mol. The fourth-order valence-electron chi connectivity index (χ4n) is 4.13. The van der Waals surface area contributed by atoms with Crippen molar-refractivity contribution in [1.29, 1.82) is 0 Å². The lowest BCUT2D eigenvalue weighted by atomic mass is 9.88. The molecule has 3 N–H and O–H groups in total. The summed E-state index contributed by atoms with van der Waals surface area (Å²) in [5.74, 6) is 0.142. The average Bonchev–Trinajstić information content (AvgIpc) is 2.75. The van der Waals surface area contributed by atoms with Crippen molar-refractivity contribution in [3.05, 3.63) is 30.1 Å². The predicted octanol–water partition coefficient (Wildman–Crippen LogP) is 1.81. The van der Waals surface area contributed by atoms with Gasteiger partial charge in [0.1, 0.15) is 6.10 Å². The molecule has 1 aromatic heterocycles. The van der Waals surface area contributed by atoms with Crippen molar-refractivity contribution in [1.82, 2.24) is 15.6 Å². The molecule has 1 saturated carbocycles. The molecule has 0 aromatic carbocycles. The molecule has 28 heavy (non-hydrogen) atoms. The van der Waals surface area contributed by atoms with Crippen LogP contribution in [0.5, 0.6) is 0 Å². The minimum Gasteiger partial charge on any atom is -0.394 e. The van der Waals surface area contributed by atoms with E-state index in [4.69, 9.17) is 4.74 Å². The van der Waals surface area contributed by atoms with Crippen molar-refractivity contribution in [2.24, 2.45) is 5.92 Å². The Kier molecular flexibility index (Phi) is 7.80. The molecule has 2 heterocycles. The summed E-state index contributed by atoms with van der Waals surface area (Å²) in [6.07, 6.45) is 10.5. The van der Waals surface area contributed by atoms with E-state index in [9.17, 15) is 14.7 Å². The van der Waals surface area contributed by atoms with E-state index < -0.39 is 6.10 Å². The molecule has 1 saturated heterocycles. The Morgan fingerprint density at radius 3 is 2.57 bits per heavy atom. The van der Waals surface area contributed by atoms with Crippen molar-refractivity contribution in [2.75, 3.05) is 13.2 Å². The van der Waals surface area contributed by atoms with E-state index in [1.165, 1.54) is 6.42 Å². The second-order valence-corrected chi connectivity index (χ2v) is 7.79. The molecular weight excluding hydrogens is 358 g/mol. The molecule has 3 rings (SSSR count). The second kappa shape index (κ2) is 10.5. The van der Waals surface area contributed by atoms with Crippen LogP contribution in [-0.2, 0) is 9.53 Å². The summed E-state index contributed by atoms with van der Waals surface area (Å²) in [7, 11) is 0. The maximum absolute atomic E-state index is 12.3. The van der Waals surface area contributed by atoms with Crippen molar-refractivity contribution in [3.8, 4) is 0 Å². The largest absolute Gasteiger partial charge is 0.394 e. The minimum atomic E-state index is -0.432. The SMILES string of the molecule is O=C(N[C@H]1CC[C@@H](CCNC(=O)C2CCCCC2)O[C@H]1CO)c1ccncc1. The van der Waals surface area contributed by atoms with Crippen LogP contribution in [0, 0.1) is 5.92 Å². The number of ether oxygens (including phenoxy) is 1. The van der Waals surface area contributed by atoms with Gasteiger partial charge in [0.05, 0.1) is 18.8 Å². The van der Waals surface area contributed by atoms with Crippen molar-refractivity contribution in [2.45, 2.75) is 69.6 Å². The van der Waals surface area contributed by atoms with Gasteiger partial charge in [0, 0.05) is 30.4 Å². The third-order valence-electron chi connectivity index (χ3n) is 5.80. The number of aromatic nitrogens is 1. The third-order valence-corrected chi connectivity index (χ3v) is 5.80. The molecule has 0 bridgehead atoms. The Morgan fingerprint density at radius 2 is 1.86 bits per heavy atom. The summed E-state index contributed by atoms with van der Waals surface area (Å²) < 4.78 is 5.98. The first-order valence-electron chi connectivity index (χ1n) is 10.4. The summed E-state index contributed by atoms with van der Waals surface area (Å²) in [6.45, 7) is 0.443. The highest BCUT2D eigenvalue weighted by Crippen LogP contribution is 2.24. The van der Waals surface area contributed by atoms with Crippen LogP contribution in [0.15, 0.2) is 24.5 Å². The Morgan fingerprint density at radius 1 is 1.11 bits per heavy atom. The van der Waals surface area contributed by atoms with Gasteiger partial charge in [-0.25, -0.2) is 0 Å². The van der Waals surface area contributed by atoms with Gasteiger partial charge < -0.3 is 20.5 Å². The van der Waals surface area contributed by atoms with Crippen molar-refractivity contribution in [3.63, 3.8) is 0 Å². The van der Waals surface area contributed by atoms with E-state index in [-0.39, 0.29) is 36.5 Å². The Hall–Kier alpha value is -1.99. The van der Waals surface area contributed by atoms with Gasteiger partial charge in [-0.2, -0.15) is 0 Å². The number of amides is 2. The summed E-state index contributed by atoms with van der Waals surface area (Å²) in [5.41, 5.74) is 0.541. The van der Waals surface area contributed by atoms with Crippen molar-refractivity contribution < 1.29 is 19.4 Å². The number of carbonyl (C=O) groups is 2. The fourth-order valence-corrected chi connectivity index (χ4v) is 4.13. The first kappa shape index (κ1) is 20.7. The highest BCUT2D eigenvalue weighted by molar-refractivity contribution is 5.94. The Bertz CT molecular complexity index is 634. The fraction of sp³-hybridized carbons (Fsp3) is 0.667. The third kappa shape index (κ3) is 5.75. The molecule has 0 spiro atoms. The number of aliphatic hydroxyl groups is 1. The summed E-state index contributed by atoms with van der Waals surface area (Å²) in [4.78, 5) is 28.5. The van der Waals surface area contributed by atoms with Crippen LogP contribution < -0.4 is 10.6 Å². The summed E-state index contributed by atoms with van der Waals surface area (Å²) >= 11 is 0. The molecular formula is C21H31N3O4. The van der Waals surface area contributed by atoms with Crippen LogP contribution in [0.1, 0.15) is 61.7 Å². The van der Waals surface area contributed by atoms with Gasteiger partial charge >= 0.3 is 0 Å². The Balaban J connectivity index is 1.41. The molecule has 1 aliphatic heterocycles. The summed E-state index contributed by atoms with van der Waals surface area (Å²) in [6, 6.07) is 3.09. The molecule has 2 amide bonds. The molecule has 2 fully saturated rings. The second-order valence-electron chi connectivity index (χ2n) is 7.79. The molecule has 154 valence electrons. The normalized spacial score (nSPS) is 25.8. The Labute approximate surface area is 166 Å². The van der Waals surface area contributed by atoms with Crippen LogP contribution in [-0.4, -0.2) is 53.3 Å². The maximum Gasteiger partial charge on any atom is 0.251 e. The zero-order chi connectivity index (χ0) is 19.8. The van der Waals surface area contributed by atoms with Crippen LogP contribution in [0.4, 0.5) is 0 Å². The number of carbonyl (C=O) groups excluding carboxylic acids is 2. The number of hydrogen-bond acceptors (Lipinski definition) is 5. The highest BCUT2D eigenvalue weighted by Gasteiger charge is 2.32. The van der Waals surface area contributed by atoms with E-state index in [2.05, 4.69) is 15.6 Å². The zero-order valence-corrected chi connectivity index (χ0v) is 16.3. The molecule has 3 atom stereocenters.